The zero-order chi connectivity index (χ0) is 23.9. The van der Waals surface area contributed by atoms with Gasteiger partial charge in [0.2, 0.25) is 0 Å². The fourth-order valence-corrected chi connectivity index (χ4v) is 4.45. The molecule has 1 atom stereocenters. The third-order valence-electron chi connectivity index (χ3n) is 6.21. The summed E-state index contributed by atoms with van der Waals surface area (Å²) in [5, 5.41) is 5.02. The van der Waals surface area contributed by atoms with Gasteiger partial charge in [-0.2, -0.15) is 0 Å². The van der Waals surface area contributed by atoms with Gasteiger partial charge in [0.25, 0.3) is 5.56 Å². The van der Waals surface area contributed by atoms with E-state index in [0.29, 0.717) is 23.8 Å². The summed E-state index contributed by atoms with van der Waals surface area (Å²) in [6.45, 7) is 7.39. The lowest BCUT2D eigenvalue weighted by molar-refractivity contribution is 0.0357. The van der Waals surface area contributed by atoms with Gasteiger partial charge < -0.3 is 24.7 Å². The Labute approximate surface area is 205 Å². The SMILES string of the molecule is COc1ccc2[nH]c(=O)c(CN(CCN3CCOCC3)C(=S)NC(C)c3ccccc3)cc2c1. The summed E-state index contributed by atoms with van der Waals surface area (Å²) in [6.07, 6.45) is 0. The second kappa shape index (κ2) is 11.5. The Morgan fingerprint density at radius 1 is 1.21 bits per heavy atom. The van der Waals surface area contributed by atoms with Crippen LogP contribution in [-0.4, -0.2) is 66.4 Å². The van der Waals surface area contributed by atoms with E-state index >= 15 is 0 Å². The molecule has 7 nitrogen and oxygen atoms in total. The zero-order valence-corrected chi connectivity index (χ0v) is 20.6. The van der Waals surface area contributed by atoms with Crippen LogP contribution in [0.4, 0.5) is 0 Å². The average molecular weight is 481 g/mol. The maximum atomic E-state index is 12.9. The first-order valence-corrected chi connectivity index (χ1v) is 12.0. The molecule has 2 heterocycles. The molecule has 0 amide bonds. The molecule has 0 saturated carbocycles. The van der Waals surface area contributed by atoms with E-state index in [1.165, 1.54) is 0 Å². The Hall–Kier alpha value is -2.94. The van der Waals surface area contributed by atoms with Crippen LogP contribution in [0.2, 0.25) is 0 Å². The molecule has 0 radical (unpaired) electrons. The molecule has 0 spiro atoms. The number of benzene rings is 2. The van der Waals surface area contributed by atoms with Crippen LogP contribution in [0.5, 0.6) is 5.75 Å². The minimum Gasteiger partial charge on any atom is -0.497 e. The van der Waals surface area contributed by atoms with Crippen molar-refractivity contribution >= 4 is 28.2 Å². The molecule has 1 saturated heterocycles. The second-order valence-electron chi connectivity index (χ2n) is 8.53. The lowest BCUT2D eigenvalue weighted by atomic mass is 10.1. The lowest BCUT2D eigenvalue weighted by Crippen LogP contribution is -2.46. The minimum absolute atomic E-state index is 0.0544. The predicted octanol–water partition coefficient (Wildman–Crippen LogP) is 3.31. The average Bonchev–Trinajstić information content (AvgIpc) is 2.87. The Bertz CT molecular complexity index is 1160. The molecule has 8 heteroatoms. The maximum absolute atomic E-state index is 12.9. The van der Waals surface area contributed by atoms with Gasteiger partial charge in [-0.25, -0.2) is 0 Å². The van der Waals surface area contributed by atoms with Gasteiger partial charge in [-0.1, -0.05) is 30.3 Å². The third-order valence-corrected chi connectivity index (χ3v) is 6.58. The van der Waals surface area contributed by atoms with E-state index < -0.39 is 0 Å². The highest BCUT2D eigenvalue weighted by Gasteiger charge is 2.18. The number of thiocarbonyl (C=S) groups is 1. The van der Waals surface area contributed by atoms with Crippen molar-refractivity contribution in [1.29, 1.82) is 0 Å². The number of hydrogen-bond acceptors (Lipinski definition) is 5. The van der Waals surface area contributed by atoms with E-state index in [9.17, 15) is 4.79 Å². The van der Waals surface area contributed by atoms with Crippen LogP contribution in [0.15, 0.2) is 59.4 Å². The van der Waals surface area contributed by atoms with Crippen LogP contribution in [-0.2, 0) is 11.3 Å². The molecule has 1 fully saturated rings. The molecule has 1 unspecified atom stereocenters. The molecule has 0 aliphatic carbocycles. The summed E-state index contributed by atoms with van der Waals surface area (Å²) < 4.78 is 10.8. The Balaban J connectivity index is 1.54. The highest BCUT2D eigenvalue weighted by Crippen LogP contribution is 2.19. The van der Waals surface area contributed by atoms with E-state index in [2.05, 4.69) is 39.2 Å². The van der Waals surface area contributed by atoms with Crippen molar-refractivity contribution in [3.8, 4) is 5.75 Å². The number of ether oxygens (including phenoxy) is 2. The number of fused-ring (bicyclic) bond motifs is 1. The summed E-state index contributed by atoms with van der Waals surface area (Å²) in [5.41, 5.74) is 2.51. The van der Waals surface area contributed by atoms with Crippen molar-refractivity contribution in [2.24, 2.45) is 0 Å². The molecule has 1 aromatic heterocycles. The number of aromatic nitrogens is 1. The van der Waals surface area contributed by atoms with Gasteiger partial charge in [-0.3, -0.25) is 9.69 Å². The van der Waals surface area contributed by atoms with Crippen molar-refractivity contribution < 1.29 is 9.47 Å². The van der Waals surface area contributed by atoms with Crippen LogP contribution in [0.3, 0.4) is 0 Å². The molecule has 4 rings (SSSR count). The lowest BCUT2D eigenvalue weighted by Gasteiger charge is -2.32. The highest BCUT2D eigenvalue weighted by molar-refractivity contribution is 7.80. The van der Waals surface area contributed by atoms with E-state index in [1.54, 1.807) is 7.11 Å². The van der Waals surface area contributed by atoms with E-state index in [-0.39, 0.29) is 11.6 Å². The smallest absolute Gasteiger partial charge is 0.253 e. The molecule has 2 N–H and O–H groups in total. The van der Waals surface area contributed by atoms with Gasteiger partial charge in [-0.15, -0.1) is 0 Å². The molecule has 0 bridgehead atoms. The monoisotopic (exact) mass is 480 g/mol. The molecule has 1 aliphatic rings. The maximum Gasteiger partial charge on any atom is 0.253 e. The Morgan fingerprint density at radius 2 is 1.97 bits per heavy atom. The number of pyridine rings is 1. The van der Waals surface area contributed by atoms with E-state index in [1.807, 2.05) is 42.5 Å². The summed E-state index contributed by atoms with van der Waals surface area (Å²) >= 11 is 5.84. The van der Waals surface area contributed by atoms with Gasteiger partial charge in [0.05, 0.1) is 32.9 Å². The number of aromatic amines is 1. The van der Waals surface area contributed by atoms with Gasteiger partial charge >= 0.3 is 0 Å². The molecule has 3 aromatic rings. The number of H-pyrrole nitrogens is 1. The van der Waals surface area contributed by atoms with Crippen molar-refractivity contribution in [3.63, 3.8) is 0 Å². The van der Waals surface area contributed by atoms with E-state index in [0.717, 1.165) is 55.1 Å². The summed E-state index contributed by atoms with van der Waals surface area (Å²) in [4.78, 5) is 20.3. The van der Waals surface area contributed by atoms with Gasteiger partial charge in [-0.05, 0) is 49.0 Å². The first-order chi connectivity index (χ1) is 16.5. The van der Waals surface area contributed by atoms with Gasteiger partial charge in [0, 0.05) is 42.6 Å². The number of nitrogens with zero attached hydrogens (tertiary/aromatic N) is 2. The molecule has 1 aliphatic heterocycles. The third kappa shape index (κ3) is 6.14. The van der Waals surface area contributed by atoms with Crippen molar-refractivity contribution in [3.05, 3.63) is 76.1 Å². The summed E-state index contributed by atoms with van der Waals surface area (Å²) in [6, 6.07) is 17.8. The molecule has 2 aromatic carbocycles. The number of nitrogens with one attached hydrogen (secondary N) is 2. The quantitative estimate of drug-likeness (QED) is 0.480. The molecular weight excluding hydrogens is 448 g/mol. The zero-order valence-electron chi connectivity index (χ0n) is 19.8. The normalized spacial score (nSPS) is 15.1. The number of morpholine rings is 1. The first-order valence-electron chi connectivity index (χ1n) is 11.6. The van der Waals surface area contributed by atoms with Gasteiger partial charge in [0.1, 0.15) is 5.75 Å². The van der Waals surface area contributed by atoms with Gasteiger partial charge in [0.15, 0.2) is 5.11 Å². The number of rotatable bonds is 8. The van der Waals surface area contributed by atoms with Crippen molar-refractivity contribution in [2.45, 2.75) is 19.5 Å². The summed E-state index contributed by atoms with van der Waals surface area (Å²) in [5.74, 6) is 0.753. The largest absolute Gasteiger partial charge is 0.497 e. The van der Waals surface area contributed by atoms with Crippen LogP contribution in [0, 0.1) is 0 Å². The van der Waals surface area contributed by atoms with Crippen LogP contribution in [0.1, 0.15) is 24.1 Å². The highest BCUT2D eigenvalue weighted by atomic mass is 32.1. The number of hydrogen-bond donors (Lipinski definition) is 2. The molecule has 180 valence electrons. The fraction of sp³-hybridized carbons (Fsp3) is 0.385. The Morgan fingerprint density at radius 3 is 2.71 bits per heavy atom. The predicted molar refractivity (Wildman–Crippen MR) is 139 cm³/mol. The van der Waals surface area contributed by atoms with Crippen molar-refractivity contribution in [2.75, 3.05) is 46.5 Å². The van der Waals surface area contributed by atoms with Crippen LogP contribution < -0.4 is 15.6 Å². The van der Waals surface area contributed by atoms with Crippen molar-refractivity contribution in [1.82, 2.24) is 20.1 Å². The minimum atomic E-state index is -0.104. The fourth-order valence-electron chi connectivity index (χ4n) is 4.12. The summed E-state index contributed by atoms with van der Waals surface area (Å²) in [7, 11) is 1.64. The Kier molecular flexibility index (Phi) is 8.16. The molecular formula is C26H32N4O3S. The van der Waals surface area contributed by atoms with Crippen LogP contribution in [0.25, 0.3) is 10.9 Å². The second-order valence-corrected chi connectivity index (χ2v) is 8.92. The van der Waals surface area contributed by atoms with Crippen LogP contribution >= 0.6 is 12.2 Å². The number of methoxy groups -OCH3 is 1. The molecule has 34 heavy (non-hydrogen) atoms. The van der Waals surface area contributed by atoms with E-state index in [4.69, 9.17) is 21.7 Å². The standard InChI is InChI=1S/C26H32N4O3S/c1-19(20-6-4-3-5-7-20)27-26(34)30(11-10-29-12-14-33-15-13-29)18-22-16-21-17-23(32-2)8-9-24(21)28-25(22)31/h3-9,16-17,19H,10-15,18H2,1-2H3,(H,27,34)(H,28,31). The first kappa shape index (κ1) is 24.2. The topological polar surface area (TPSA) is 69.8 Å².